The van der Waals surface area contributed by atoms with Crippen molar-refractivity contribution in [1.82, 2.24) is 15.0 Å². The molecule has 6 heteroatoms. The van der Waals surface area contributed by atoms with Gasteiger partial charge in [-0.05, 0) is 23.1 Å². The van der Waals surface area contributed by atoms with E-state index < -0.39 is 4.92 Å². The van der Waals surface area contributed by atoms with Crippen molar-refractivity contribution in [2.45, 2.75) is 26.2 Å². The zero-order chi connectivity index (χ0) is 17.3. The summed E-state index contributed by atoms with van der Waals surface area (Å²) in [7, 11) is 0. The Labute approximate surface area is 139 Å². The van der Waals surface area contributed by atoms with Crippen LogP contribution < -0.4 is 0 Å². The molecule has 0 atom stereocenters. The van der Waals surface area contributed by atoms with Crippen LogP contribution >= 0.6 is 0 Å². The average Bonchev–Trinajstić information content (AvgIpc) is 3.04. The van der Waals surface area contributed by atoms with Crippen LogP contribution in [-0.2, 0) is 5.41 Å². The number of benzene rings is 2. The number of nitro groups is 1. The Morgan fingerprint density at radius 1 is 1.08 bits per heavy atom. The summed E-state index contributed by atoms with van der Waals surface area (Å²) in [5.41, 5.74) is 3.46. The van der Waals surface area contributed by atoms with E-state index in [2.05, 4.69) is 43.2 Å². The molecule has 2 aromatic carbocycles. The maximum Gasteiger partial charge on any atom is 0.270 e. The topological polar surface area (TPSA) is 73.8 Å². The molecule has 24 heavy (non-hydrogen) atoms. The van der Waals surface area contributed by atoms with Crippen LogP contribution in [0.15, 0.2) is 54.7 Å². The monoisotopic (exact) mass is 322 g/mol. The molecule has 0 saturated heterocycles. The maximum absolute atomic E-state index is 10.9. The molecule has 3 aromatic rings. The van der Waals surface area contributed by atoms with Crippen LogP contribution in [0.2, 0.25) is 0 Å². The molecule has 0 fully saturated rings. The number of aromatic nitrogens is 3. The summed E-state index contributed by atoms with van der Waals surface area (Å²) >= 11 is 0. The lowest BCUT2D eigenvalue weighted by atomic mass is 9.87. The molecular weight excluding hydrogens is 304 g/mol. The largest absolute Gasteiger partial charge is 0.270 e. The molecule has 122 valence electrons. The van der Waals surface area contributed by atoms with Crippen LogP contribution in [0.3, 0.4) is 0 Å². The highest BCUT2D eigenvalue weighted by atomic mass is 16.6. The van der Waals surface area contributed by atoms with Crippen molar-refractivity contribution in [2.24, 2.45) is 0 Å². The van der Waals surface area contributed by atoms with Gasteiger partial charge in [-0.3, -0.25) is 10.1 Å². The molecule has 0 unspecified atom stereocenters. The van der Waals surface area contributed by atoms with E-state index in [-0.39, 0.29) is 11.1 Å². The Hall–Kier alpha value is -3.02. The van der Waals surface area contributed by atoms with Gasteiger partial charge in [0, 0.05) is 17.7 Å². The van der Waals surface area contributed by atoms with Crippen LogP contribution in [0.1, 0.15) is 26.3 Å². The number of hydrogen-bond acceptors (Lipinski definition) is 4. The first-order valence-electron chi connectivity index (χ1n) is 7.63. The quantitative estimate of drug-likeness (QED) is 0.536. The van der Waals surface area contributed by atoms with Crippen molar-refractivity contribution in [2.75, 3.05) is 0 Å². The molecule has 0 saturated carbocycles. The molecule has 0 amide bonds. The summed E-state index contributed by atoms with van der Waals surface area (Å²) in [6.45, 7) is 6.46. The summed E-state index contributed by atoms with van der Waals surface area (Å²) in [4.78, 5) is 10.5. The van der Waals surface area contributed by atoms with Crippen LogP contribution in [-0.4, -0.2) is 19.9 Å². The van der Waals surface area contributed by atoms with Crippen LogP contribution in [0.5, 0.6) is 0 Å². The lowest BCUT2D eigenvalue weighted by Crippen LogP contribution is -2.11. The minimum absolute atomic E-state index is 0.0387. The Balaban J connectivity index is 1.97. The smallest absolute Gasteiger partial charge is 0.258 e. The van der Waals surface area contributed by atoms with Crippen molar-refractivity contribution in [3.05, 3.63) is 70.4 Å². The van der Waals surface area contributed by atoms with Gasteiger partial charge < -0.3 is 0 Å². The standard InChI is InChI=1S/C18H18N4O2/c1-18(2,3)14-7-5-8-15(11-14)21-12-17(19-20-21)13-6-4-9-16(10-13)22(23)24/h4-12H,1-3H3. The van der Waals surface area contributed by atoms with E-state index in [0.717, 1.165) is 5.69 Å². The zero-order valence-electron chi connectivity index (χ0n) is 13.8. The molecular formula is C18H18N4O2. The van der Waals surface area contributed by atoms with Crippen molar-refractivity contribution < 1.29 is 4.92 Å². The van der Waals surface area contributed by atoms with E-state index in [0.29, 0.717) is 11.3 Å². The average molecular weight is 322 g/mol. The van der Waals surface area contributed by atoms with Crippen LogP contribution in [0.25, 0.3) is 16.9 Å². The predicted molar refractivity (Wildman–Crippen MR) is 92.1 cm³/mol. The number of non-ortho nitro benzene ring substituents is 1. The molecule has 0 aliphatic carbocycles. The van der Waals surface area contributed by atoms with Crippen molar-refractivity contribution >= 4 is 5.69 Å². The van der Waals surface area contributed by atoms with Gasteiger partial charge in [0.1, 0.15) is 5.69 Å². The second-order valence-corrected chi connectivity index (χ2v) is 6.66. The van der Waals surface area contributed by atoms with Gasteiger partial charge in [0.15, 0.2) is 0 Å². The Bertz CT molecular complexity index is 894. The molecule has 3 rings (SSSR count). The third kappa shape index (κ3) is 3.17. The second-order valence-electron chi connectivity index (χ2n) is 6.66. The molecule has 6 nitrogen and oxygen atoms in total. The summed E-state index contributed by atoms with van der Waals surface area (Å²) in [5, 5.41) is 19.2. The third-order valence-corrected chi connectivity index (χ3v) is 3.82. The van der Waals surface area contributed by atoms with E-state index in [1.54, 1.807) is 23.0 Å². The van der Waals surface area contributed by atoms with Gasteiger partial charge in [0.05, 0.1) is 16.8 Å². The zero-order valence-corrected chi connectivity index (χ0v) is 13.8. The summed E-state index contributed by atoms with van der Waals surface area (Å²) < 4.78 is 1.68. The third-order valence-electron chi connectivity index (χ3n) is 3.82. The first kappa shape index (κ1) is 15.9. The molecule has 1 aromatic heterocycles. The minimum Gasteiger partial charge on any atom is -0.258 e. The van der Waals surface area contributed by atoms with Gasteiger partial charge in [0.25, 0.3) is 5.69 Å². The fourth-order valence-corrected chi connectivity index (χ4v) is 2.42. The van der Waals surface area contributed by atoms with Gasteiger partial charge in [-0.1, -0.05) is 50.3 Å². The Morgan fingerprint density at radius 3 is 2.54 bits per heavy atom. The van der Waals surface area contributed by atoms with Gasteiger partial charge >= 0.3 is 0 Å². The van der Waals surface area contributed by atoms with Crippen molar-refractivity contribution in [1.29, 1.82) is 0 Å². The van der Waals surface area contributed by atoms with Gasteiger partial charge in [-0.2, -0.15) is 0 Å². The van der Waals surface area contributed by atoms with Crippen molar-refractivity contribution in [3.63, 3.8) is 0 Å². The molecule has 1 heterocycles. The van der Waals surface area contributed by atoms with Gasteiger partial charge in [0.2, 0.25) is 0 Å². The first-order chi connectivity index (χ1) is 11.3. The molecule has 0 aliphatic rings. The maximum atomic E-state index is 10.9. The molecule has 0 bridgehead atoms. The Morgan fingerprint density at radius 2 is 1.83 bits per heavy atom. The number of rotatable bonds is 3. The molecule has 0 N–H and O–H groups in total. The predicted octanol–water partition coefficient (Wildman–Crippen LogP) is 4.14. The number of hydrogen-bond donors (Lipinski definition) is 0. The van der Waals surface area contributed by atoms with Gasteiger partial charge in [-0.15, -0.1) is 5.10 Å². The minimum atomic E-state index is -0.416. The van der Waals surface area contributed by atoms with Crippen LogP contribution in [0.4, 0.5) is 5.69 Å². The fraction of sp³-hybridized carbons (Fsp3) is 0.222. The number of nitro benzene ring substituents is 1. The fourth-order valence-electron chi connectivity index (χ4n) is 2.42. The van der Waals surface area contributed by atoms with Crippen LogP contribution in [0, 0.1) is 10.1 Å². The lowest BCUT2D eigenvalue weighted by molar-refractivity contribution is -0.384. The highest BCUT2D eigenvalue weighted by Crippen LogP contribution is 2.25. The molecule has 0 radical (unpaired) electrons. The van der Waals surface area contributed by atoms with E-state index >= 15 is 0 Å². The van der Waals surface area contributed by atoms with Gasteiger partial charge in [-0.25, -0.2) is 4.68 Å². The SMILES string of the molecule is CC(C)(C)c1cccc(-n2cc(-c3cccc([N+](=O)[O-])c3)nn2)c1. The summed E-state index contributed by atoms with van der Waals surface area (Å²) in [5.74, 6) is 0. The lowest BCUT2D eigenvalue weighted by Gasteiger charge is -2.19. The van der Waals surface area contributed by atoms with E-state index in [9.17, 15) is 10.1 Å². The normalized spacial score (nSPS) is 11.5. The number of nitrogens with zero attached hydrogens (tertiary/aromatic N) is 4. The molecule has 0 aliphatic heterocycles. The van der Waals surface area contributed by atoms with E-state index in [1.165, 1.54) is 17.7 Å². The summed E-state index contributed by atoms with van der Waals surface area (Å²) in [6.07, 6.45) is 1.78. The Kier molecular flexibility index (Phi) is 3.89. The van der Waals surface area contributed by atoms with E-state index in [1.807, 2.05) is 12.1 Å². The van der Waals surface area contributed by atoms with Crippen molar-refractivity contribution in [3.8, 4) is 16.9 Å². The second kappa shape index (κ2) is 5.88. The summed E-state index contributed by atoms with van der Waals surface area (Å²) in [6, 6.07) is 14.5. The highest BCUT2D eigenvalue weighted by molar-refractivity contribution is 5.61. The molecule has 0 spiro atoms. The van der Waals surface area contributed by atoms with E-state index in [4.69, 9.17) is 0 Å². The first-order valence-corrected chi connectivity index (χ1v) is 7.63. The highest BCUT2D eigenvalue weighted by Gasteiger charge is 2.15.